The fourth-order valence-corrected chi connectivity index (χ4v) is 1.53. The van der Waals surface area contributed by atoms with E-state index in [9.17, 15) is 9.18 Å². The first-order valence-electron chi connectivity index (χ1n) is 7.76. The lowest BCUT2D eigenvalue weighted by molar-refractivity contribution is -0.138. The number of carboxylic acids is 1. The molecule has 0 heterocycles. The summed E-state index contributed by atoms with van der Waals surface area (Å²) in [7, 11) is 0. The van der Waals surface area contributed by atoms with E-state index in [1.807, 2.05) is 0 Å². The van der Waals surface area contributed by atoms with Gasteiger partial charge in [0.15, 0.2) is 0 Å². The van der Waals surface area contributed by atoms with Crippen LogP contribution >= 0.6 is 0 Å². The Labute approximate surface area is 112 Å². The average Bonchev–Trinajstić information content (AvgIpc) is 2.51. The van der Waals surface area contributed by atoms with Gasteiger partial charge in [0.05, 0.1) is 12.8 Å². The normalized spacial score (nSPS) is 16.0. The smallest absolute Gasteiger partial charge is 0.310 e. The van der Waals surface area contributed by atoms with Gasteiger partial charge < -0.3 is 5.11 Å². The van der Waals surface area contributed by atoms with Crippen LogP contribution in [0.3, 0.4) is 0 Å². The maximum Gasteiger partial charge on any atom is 0.310 e. The molecule has 1 N–H and O–H groups in total. The van der Waals surface area contributed by atoms with Crippen LogP contribution in [-0.4, -0.2) is 11.1 Å². The van der Waals surface area contributed by atoms with Crippen LogP contribution in [0, 0.1) is 5.82 Å². The second kappa shape index (κ2) is 5.00. The molecule has 0 aliphatic rings. The van der Waals surface area contributed by atoms with Gasteiger partial charge in [0.25, 0.3) is 0 Å². The number of carboxylic acid groups (broad SMARTS) is 1. The molecule has 0 radical (unpaired) electrons. The lowest BCUT2D eigenvalue weighted by Crippen LogP contribution is -2.07. The molecule has 2 rings (SSSR count). The highest BCUT2D eigenvalue weighted by Gasteiger charge is 2.15. The summed E-state index contributed by atoms with van der Waals surface area (Å²) in [5, 5.41) is 8.95. The molecule has 2 aromatic rings. The third-order valence-electron chi connectivity index (χ3n) is 2.63. The number of carbonyl (C=O) groups is 1. The molecule has 0 saturated heterocycles. The maximum atomic E-state index is 14.4. The molecule has 1 atom stereocenters. The fraction of sp³-hybridized carbons (Fsp3) is 0.133. The van der Waals surface area contributed by atoms with Crippen molar-refractivity contribution in [1.29, 1.82) is 0 Å². The molecule has 0 spiro atoms. The van der Waals surface area contributed by atoms with E-state index in [-0.39, 0.29) is 16.7 Å². The van der Waals surface area contributed by atoms with Gasteiger partial charge in [-0.2, -0.15) is 0 Å². The zero-order valence-electron chi connectivity index (χ0n) is 14.5. The van der Waals surface area contributed by atoms with Crippen LogP contribution < -0.4 is 0 Å². The Kier molecular flexibility index (Phi) is 2.03. The zero-order valence-corrected chi connectivity index (χ0v) is 9.54. The highest BCUT2D eigenvalue weighted by molar-refractivity contribution is 5.76. The van der Waals surface area contributed by atoms with E-state index in [2.05, 4.69) is 0 Å². The summed E-state index contributed by atoms with van der Waals surface area (Å²) in [6.07, 6.45) is 0. The van der Waals surface area contributed by atoms with Gasteiger partial charge in [-0.05, 0) is 24.1 Å². The highest BCUT2D eigenvalue weighted by Crippen LogP contribution is 2.26. The SMILES string of the molecule is [2H]c1c([2H])c([2H])c(-c2ccc(C(C)C(=O)O)cc2F)c([2H])c1[2H]. The van der Waals surface area contributed by atoms with Crippen LogP contribution in [0.1, 0.15) is 25.3 Å². The van der Waals surface area contributed by atoms with Crippen molar-refractivity contribution in [2.75, 3.05) is 0 Å². The Hall–Kier alpha value is -2.16. The van der Waals surface area contributed by atoms with Crippen LogP contribution in [0.15, 0.2) is 48.4 Å². The lowest BCUT2D eigenvalue weighted by Gasteiger charge is -2.09. The largest absolute Gasteiger partial charge is 0.481 e. The minimum atomic E-state index is -1.11. The monoisotopic (exact) mass is 249 g/mol. The molecule has 0 saturated carbocycles. The Morgan fingerprint density at radius 3 is 2.56 bits per heavy atom. The Bertz CT molecular complexity index is 778. The predicted octanol–water partition coefficient (Wildman–Crippen LogP) is 3.68. The van der Waals surface area contributed by atoms with Crippen molar-refractivity contribution >= 4 is 5.97 Å². The molecule has 0 aliphatic carbocycles. The standard InChI is InChI=1S/C15H13FO2/c1-10(15(17)18)12-7-8-13(14(16)9-12)11-5-3-2-4-6-11/h2-10H,1H3,(H,17,18)/i2D,3D,4D,5D,6D. The molecule has 0 bridgehead atoms. The van der Waals surface area contributed by atoms with Crippen LogP contribution in [0.4, 0.5) is 4.39 Å². The molecule has 0 fully saturated rings. The molecule has 18 heavy (non-hydrogen) atoms. The van der Waals surface area contributed by atoms with E-state index < -0.39 is 47.9 Å². The van der Waals surface area contributed by atoms with Crippen molar-refractivity contribution < 1.29 is 21.1 Å². The molecular formula is C15H13FO2. The minimum Gasteiger partial charge on any atom is -0.481 e. The van der Waals surface area contributed by atoms with Crippen LogP contribution in [0.5, 0.6) is 0 Å². The van der Waals surface area contributed by atoms with Gasteiger partial charge >= 0.3 is 5.97 Å². The Balaban J connectivity index is 2.67. The van der Waals surface area contributed by atoms with Gasteiger partial charge in [-0.15, -0.1) is 0 Å². The summed E-state index contributed by atoms with van der Waals surface area (Å²) in [6, 6.07) is 0.944. The van der Waals surface area contributed by atoms with E-state index in [0.29, 0.717) is 0 Å². The zero-order chi connectivity index (χ0) is 17.5. The van der Waals surface area contributed by atoms with E-state index >= 15 is 0 Å². The van der Waals surface area contributed by atoms with Crippen LogP contribution in [0.25, 0.3) is 11.1 Å². The minimum absolute atomic E-state index is 0.164. The number of halogens is 1. The summed E-state index contributed by atoms with van der Waals surface area (Å²) < 4.78 is 52.8. The topological polar surface area (TPSA) is 37.3 Å². The van der Waals surface area contributed by atoms with Crippen molar-refractivity contribution in [1.82, 2.24) is 0 Å². The molecule has 2 nitrogen and oxygen atoms in total. The maximum absolute atomic E-state index is 14.4. The third kappa shape index (κ3) is 2.40. The second-order valence-electron chi connectivity index (χ2n) is 3.80. The molecule has 0 aliphatic heterocycles. The van der Waals surface area contributed by atoms with E-state index in [1.54, 1.807) is 0 Å². The van der Waals surface area contributed by atoms with Crippen LogP contribution in [0.2, 0.25) is 0 Å². The second-order valence-corrected chi connectivity index (χ2v) is 3.80. The third-order valence-corrected chi connectivity index (χ3v) is 2.63. The lowest BCUT2D eigenvalue weighted by atomic mass is 9.97. The Morgan fingerprint density at radius 1 is 1.33 bits per heavy atom. The molecular weight excluding hydrogens is 231 g/mol. The first kappa shape index (κ1) is 7.31. The summed E-state index contributed by atoms with van der Waals surface area (Å²) in [6.45, 7) is 1.40. The van der Waals surface area contributed by atoms with Crippen molar-refractivity contribution in [2.24, 2.45) is 0 Å². The summed E-state index contributed by atoms with van der Waals surface area (Å²) >= 11 is 0. The number of aliphatic carboxylic acids is 1. The average molecular weight is 249 g/mol. The van der Waals surface area contributed by atoms with Crippen molar-refractivity contribution in [2.45, 2.75) is 12.8 Å². The molecule has 0 aromatic heterocycles. The molecule has 92 valence electrons. The van der Waals surface area contributed by atoms with Crippen molar-refractivity contribution in [3.8, 4) is 11.1 Å². The van der Waals surface area contributed by atoms with E-state index in [0.717, 1.165) is 6.07 Å². The van der Waals surface area contributed by atoms with Crippen molar-refractivity contribution in [3.63, 3.8) is 0 Å². The van der Waals surface area contributed by atoms with Crippen molar-refractivity contribution in [3.05, 3.63) is 59.8 Å². The fourth-order valence-electron chi connectivity index (χ4n) is 1.53. The number of hydrogen-bond acceptors (Lipinski definition) is 1. The van der Waals surface area contributed by atoms with Gasteiger partial charge in [-0.25, -0.2) is 4.39 Å². The van der Waals surface area contributed by atoms with E-state index in [4.69, 9.17) is 12.0 Å². The number of hydrogen-bond donors (Lipinski definition) is 1. The highest BCUT2D eigenvalue weighted by atomic mass is 19.1. The van der Waals surface area contributed by atoms with Gasteiger partial charge in [-0.3, -0.25) is 4.79 Å². The predicted molar refractivity (Wildman–Crippen MR) is 67.9 cm³/mol. The summed E-state index contributed by atoms with van der Waals surface area (Å²) in [5.74, 6) is -2.87. The van der Waals surface area contributed by atoms with Gasteiger partial charge in [0.2, 0.25) is 0 Å². The van der Waals surface area contributed by atoms with Crippen LogP contribution in [-0.2, 0) is 4.79 Å². The quantitative estimate of drug-likeness (QED) is 0.900. The molecule has 3 heteroatoms. The van der Waals surface area contributed by atoms with Gasteiger partial charge in [-0.1, -0.05) is 42.3 Å². The molecule has 2 aromatic carbocycles. The summed E-state index contributed by atoms with van der Waals surface area (Å²) in [5.41, 5.74) is -0.183. The number of rotatable bonds is 3. The first-order chi connectivity index (χ1) is 10.7. The molecule has 1 unspecified atom stereocenters. The first-order valence-corrected chi connectivity index (χ1v) is 5.26. The summed E-state index contributed by atoms with van der Waals surface area (Å²) in [4.78, 5) is 10.9. The van der Waals surface area contributed by atoms with Gasteiger partial charge in [0.1, 0.15) is 5.82 Å². The van der Waals surface area contributed by atoms with Gasteiger partial charge in [0, 0.05) is 5.56 Å². The number of benzene rings is 2. The Morgan fingerprint density at radius 2 is 2.00 bits per heavy atom. The molecule has 0 amide bonds. The van der Waals surface area contributed by atoms with E-state index in [1.165, 1.54) is 19.1 Å².